The molecule has 8 heteroatoms. The third kappa shape index (κ3) is 3.71. The number of carbonyl (C=O) groups excluding carboxylic acids is 1. The molecule has 0 saturated heterocycles. The van der Waals surface area contributed by atoms with Crippen molar-refractivity contribution in [3.05, 3.63) is 23.8 Å². The smallest absolute Gasteiger partial charge is 0.349 e. The first-order chi connectivity index (χ1) is 9.80. The van der Waals surface area contributed by atoms with Gasteiger partial charge in [0.1, 0.15) is 5.52 Å². The number of amides is 1. The van der Waals surface area contributed by atoms with Crippen molar-refractivity contribution in [2.75, 3.05) is 0 Å². The zero-order chi connectivity index (χ0) is 15.6. The molecule has 21 heavy (non-hydrogen) atoms. The molecule has 0 aliphatic carbocycles. The molecule has 2 rings (SSSR count). The highest BCUT2D eigenvalue weighted by molar-refractivity contribution is 5.97. The van der Waals surface area contributed by atoms with Crippen LogP contribution in [-0.4, -0.2) is 33.1 Å². The van der Waals surface area contributed by atoms with E-state index in [1.807, 2.05) is 0 Å². The number of nitrogens with one attached hydrogen (secondary N) is 1. The van der Waals surface area contributed by atoms with Gasteiger partial charge in [0.05, 0.1) is 11.9 Å². The van der Waals surface area contributed by atoms with E-state index >= 15 is 0 Å². The van der Waals surface area contributed by atoms with Gasteiger partial charge < -0.3 is 5.32 Å². The molecular weight excluding hydrogens is 285 g/mol. The van der Waals surface area contributed by atoms with E-state index in [1.165, 1.54) is 6.07 Å². The fourth-order valence-electron chi connectivity index (χ4n) is 2.03. The lowest BCUT2D eigenvalue weighted by molar-refractivity contribution is -0.139. The van der Waals surface area contributed by atoms with Crippen LogP contribution in [0.1, 0.15) is 30.1 Å². The second-order valence-corrected chi connectivity index (χ2v) is 4.81. The normalized spacial score (nSPS) is 13.4. The van der Waals surface area contributed by atoms with Crippen molar-refractivity contribution in [2.24, 2.45) is 7.05 Å². The Kier molecular flexibility index (Phi) is 4.15. The molecule has 114 valence electrons. The van der Waals surface area contributed by atoms with Crippen molar-refractivity contribution in [3.8, 4) is 0 Å². The van der Waals surface area contributed by atoms with Gasteiger partial charge in [-0.2, -0.15) is 13.2 Å². The summed E-state index contributed by atoms with van der Waals surface area (Å²) in [6.07, 6.45) is -5.13. The quantitative estimate of drug-likeness (QED) is 0.943. The number of rotatable bonds is 4. The average Bonchev–Trinajstić information content (AvgIpc) is 2.77. The first-order valence-corrected chi connectivity index (χ1v) is 6.47. The fourth-order valence-corrected chi connectivity index (χ4v) is 2.03. The predicted molar refractivity (Wildman–Crippen MR) is 70.7 cm³/mol. The number of alkyl halides is 3. The van der Waals surface area contributed by atoms with Gasteiger partial charge in [-0.25, -0.2) is 4.68 Å². The van der Waals surface area contributed by atoms with Gasteiger partial charge in [-0.3, -0.25) is 4.79 Å². The number of aryl methyl sites for hydroxylation is 1. The highest BCUT2D eigenvalue weighted by Gasteiger charge is 2.31. The van der Waals surface area contributed by atoms with Crippen molar-refractivity contribution in [2.45, 2.75) is 32.0 Å². The minimum Gasteiger partial charge on any atom is -0.349 e. The van der Waals surface area contributed by atoms with Gasteiger partial charge in [0.25, 0.3) is 5.91 Å². The maximum Gasteiger partial charge on any atom is 0.391 e. The molecule has 0 unspecified atom stereocenters. The molecule has 0 spiro atoms. The minimum atomic E-state index is -4.30. The number of aromatic nitrogens is 3. The van der Waals surface area contributed by atoms with E-state index in [0.29, 0.717) is 5.52 Å². The standard InChI is InChI=1S/C13H15F3N4O/c1-3-9(7-13(14,15)16)17-12(21)8-4-5-11-10(6-8)18-19-20(11)2/h4-6,9H,3,7H2,1-2H3,(H,17,21)/t9-/m0/s1. The van der Waals surface area contributed by atoms with Crippen LogP contribution in [0.15, 0.2) is 18.2 Å². The maximum atomic E-state index is 12.4. The number of fused-ring (bicyclic) bond motifs is 1. The van der Waals surface area contributed by atoms with Crippen LogP contribution in [0.25, 0.3) is 11.0 Å². The summed E-state index contributed by atoms with van der Waals surface area (Å²) in [5, 5.41) is 10.1. The SMILES string of the molecule is CC[C@@H](CC(F)(F)F)NC(=O)c1ccc2c(c1)nnn2C. The molecule has 1 amide bonds. The van der Waals surface area contributed by atoms with Gasteiger partial charge in [-0.05, 0) is 24.6 Å². The highest BCUT2D eigenvalue weighted by Crippen LogP contribution is 2.23. The topological polar surface area (TPSA) is 59.8 Å². The van der Waals surface area contributed by atoms with E-state index < -0.39 is 24.5 Å². The fraction of sp³-hybridized carbons (Fsp3) is 0.462. The Balaban J connectivity index is 2.13. The van der Waals surface area contributed by atoms with E-state index in [9.17, 15) is 18.0 Å². The van der Waals surface area contributed by atoms with Crippen LogP contribution in [0.5, 0.6) is 0 Å². The third-order valence-electron chi connectivity index (χ3n) is 3.18. The zero-order valence-corrected chi connectivity index (χ0v) is 11.6. The van der Waals surface area contributed by atoms with Gasteiger partial charge >= 0.3 is 6.18 Å². The third-order valence-corrected chi connectivity index (χ3v) is 3.18. The summed E-state index contributed by atoms with van der Waals surface area (Å²) in [5.74, 6) is -0.543. The molecule has 0 aliphatic heterocycles. The van der Waals surface area contributed by atoms with Gasteiger partial charge in [0, 0.05) is 18.7 Å². The number of carbonyl (C=O) groups is 1. The van der Waals surface area contributed by atoms with Crippen LogP contribution in [0.3, 0.4) is 0 Å². The van der Waals surface area contributed by atoms with E-state index in [1.54, 1.807) is 30.8 Å². The molecule has 0 fully saturated rings. The van der Waals surface area contributed by atoms with Crippen LogP contribution in [0, 0.1) is 0 Å². The lowest BCUT2D eigenvalue weighted by atomic mass is 10.1. The van der Waals surface area contributed by atoms with Gasteiger partial charge in [0.2, 0.25) is 0 Å². The minimum absolute atomic E-state index is 0.207. The van der Waals surface area contributed by atoms with E-state index in [4.69, 9.17) is 0 Å². The Morgan fingerprint density at radius 3 is 2.76 bits per heavy atom. The Morgan fingerprint density at radius 2 is 2.14 bits per heavy atom. The first-order valence-electron chi connectivity index (χ1n) is 6.47. The summed E-state index contributed by atoms with van der Waals surface area (Å²) >= 11 is 0. The Bertz CT molecular complexity index is 650. The molecule has 0 saturated carbocycles. The van der Waals surface area contributed by atoms with E-state index in [2.05, 4.69) is 15.6 Å². The summed E-state index contributed by atoms with van der Waals surface area (Å²) in [6.45, 7) is 1.60. The number of halogens is 3. The van der Waals surface area contributed by atoms with Crippen LogP contribution in [-0.2, 0) is 7.05 Å². The second kappa shape index (κ2) is 5.71. The number of benzene rings is 1. The zero-order valence-electron chi connectivity index (χ0n) is 11.6. The van der Waals surface area contributed by atoms with Gasteiger partial charge in [-0.15, -0.1) is 5.10 Å². The molecule has 0 aliphatic rings. The summed E-state index contributed by atoms with van der Waals surface area (Å²) < 4.78 is 38.7. The highest BCUT2D eigenvalue weighted by atomic mass is 19.4. The van der Waals surface area contributed by atoms with Crippen molar-refractivity contribution in [1.82, 2.24) is 20.3 Å². The van der Waals surface area contributed by atoms with Crippen molar-refractivity contribution in [3.63, 3.8) is 0 Å². The van der Waals surface area contributed by atoms with Crippen LogP contribution < -0.4 is 5.32 Å². The van der Waals surface area contributed by atoms with Gasteiger partial charge in [0.15, 0.2) is 0 Å². The number of hydrogen-bond acceptors (Lipinski definition) is 3. The van der Waals surface area contributed by atoms with Gasteiger partial charge in [-0.1, -0.05) is 12.1 Å². The molecule has 1 N–H and O–H groups in total. The Hall–Kier alpha value is -2.12. The Morgan fingerprint density at radius 1 is 1.43 bits per heavy atom. The summed E-state index contributed by atoms with van der Waals surface area (Å²) in [6, 6.07) is 3.78. The lowest BCUT2D eigenvalue weighted by Crippen LogP contribution is -2.37. The van der Waals surface area contributed by atoms with Crippen molar-refractivity contribution >= 4 is 16.9 Å². The molecule has 2 aromatic rings. The van der Waals surface area contributed by atoms with Crippen molar-refractivity contribution in [1.29, 1.82) is 0 Å². The second-order valence-electron chi connectivity index (χ2n) is 4.81. The molecule has 0 bridgehead atoms. The Labute approximate surface area is 119 Å². The lowest BCUT2D eigenvalue weighted by Gasteiger charge is -2.18. The average molecular weight is 300 g/mol. The van der Waals surface area contributed by atoms with Crippen LogP contribution in [0.2, 0.25) is 0 Å². The summed E-state index contributed by atoms with van der Waals surface area (Å²) in [7, 11) is 1.71. The van der Waals surface area contributed by atoms with E-state index in [0.717, 1.165) is 5.52 Å². The molecule has 1 heterocycles. The molecule has 0 radical (unpaired) electrons. The maximum absolute atomic E-state index is 12.4. The molecule has 1 aromatic carbocycles. The summed E-state index contributed by atoms with van der Waals surface area (Å²) in [5.41, 5.74) is 1.53. The number of hydrogen-bond donors (Lipinski definition) is 1. The first kappa shape index (κ1) is 15.3. The molecule has 5 nitrogen and oxygen atoms in total. The van der Waals surface area contributed by atoms with Crippen LogP contribution in [0.4, 0.5) is 13.2 Å². The molecule has 1 aromatic heterocycles. The van der Waals surface area contributed by atoms with Crippen LogP contribution >= 0.6 is 0 Å². The number of nitrogens with zero attached hydrogens (tertiary/aromatic N) is 3. The summed E-state index contributed by atoms with van der Waals surface area (Å²) in [4.78, 5) is 12.0. The molecule has 1 atom stereocenters. The monoisotopic (exact) mass is 300 g/mol. The largest absolute Gasteiger partial charge is 0.391 e. The molecular formula is C13H15F3N4O. The van der Waals surface area contributed by atoms with Crippen molar-refractivity contribution < 1.29 is 18.0 Å². The predicted octanol–water partition coefficient (Wildman–Crippen LogP) is 2.43. The van der Waals surface area contributed by atoms with E-state index in [-0.39, 0.29) is 12.0 Å².